The smallest absolute Gasteiger partial charge is 0.225 e. The molecule has 0 spiro atoms. The Bertz CT molecular complexity index is 399. The van der Waals surface area contributed by atoms with E-state index in [9.17, 15) is 4.79 Å². The summed E-state index contributed by atoms with van der Waals surface area (Å²) in [5.74, 6) is 0.838. The van der Waals surface area contributed by atoms with E-state index in [0.717, 1.165) is 37.8 Å². The minimum atomic E-state index is 0. The molecule has 1 aliphatic heterocycles. The molecule has 1 unspecified atom stereocenters. The normalized spacial score (nSPS) is 18.6. The fourth-order valence-corrected chi connectivity index (χ4v) is 2.58. The van der Waals surface area contributed by atoms with Gasteiger partial charge < -0.3 is 15.5 Å². The summed E-state index contributed by atoms with van der Waals surface area (Å²) in [4.78, 5) is 14.2. The van der Waals surface area contributed by atoms with Crippen LogP contribution >= 0.6 is 12.4 Å². The standard InChI is InChI=1S/C15H23N3O.ClH/c1-16-11-13-7-9-18(12-13)10-8-15(19)17-14-5-3-2-4-6-14;/h2-6,13,16H,7-12H2,1H3,(H,17,19);1H. The Morgan fingerprint density at radius 1 is 1.35 bits per heavy atom. The van der Waals surface area contributed by atoms with Crippen molar-refractivity contribution in [1.82, 2.24) is 10.2 Å². The van der Waals surface area contributed by atoms with Gasteiger partial charge in [-0.3, -0.25) is 4.79 Å². The van der Waals surface area contributed by atoms with Crippen molar-refractivity contribution in [2.45, 2.75) is 12.8 Å². The SMILES string of the molecule is CNCC1CCN(CCC(=O)Nc2ccccc2)C1.Cl. The van der Waals surface area contributed by atoms with Crippen LogP contribution in [0.4, 0.5) is 5.69 Å². The number of amides is 1. The first-order chi connectivity index (χ1) is 9.28. The highest BCUT2D eigenvalue weighted by molar-refractivity contribution is 5.90. The lowest BCUT2D eigenvalue weighted by Gasteiger charge is -2.15. The lowest BCUT2D eigenvalue weighted by Crippen LogP contribution is -2.27. The average molecular weight is 298 g/mol. The molecule has 0 saturated carbocycles. The summed E-state index contributed by atoms with van der Waals surface area (Å²) in [5, 5.41) is 6.15. The van der Waals surface area contributed by atoms with E-state index in [2.05, 4.69) is 15.5 Å². The molecular weight excluding hydrogens is 274 g/mol. The molecule has 0 aromatic heterocycles. The van der Waals surface area contributed by atoms with Gasteiger partial charge in [-0.15, -0.1) is 12.4 Å². The largest absolute Gasteiger partial charge is 0.326 e. The Kier molecular flexibility index (Phi) is 7.59. The third-order valence-electron chi connectivity index (χ3n) is 3.58. The molecule has 1 aliphatic rings. The van der Waals surface area contributed by atoms with Crippen LogP contribution in [0.1, 0.15) is 12.8 Å². The maximum Gasteiger partial charge on any atom is 0.225 e. The summed E-state index contributed by atoms with van der Waals surface area (Å²) in [6.07, 6.45) is 1.81. The third-order valence-corrected chi connectivity index (χ3v) is 3.58. The zero-order chi connectivity index (χ0) is 13.5. The van der Waals surface area contributed by atoms with E-state index < -0.39 is 0 Å². The van der Waals surface area contributed by atoms with Gasteiger partial charge in [0.25, 0.3) is 0 Å². The minimum Gasteiger partial charge on any atom is -0.326 e. The van der Waals surface area contributed by atoms with Gasteiger partial charge in [0.2, 0.25) is 5.91 Å². The minimum absolute atomic E-state index is 0. The number of nitrogens with one attached hydrogen (secondary N) is 2. The number of rotatable bonds is 6. The monoisotopic (exact) mass is 297 g/mol. The molecule has 20 heavy (non-hydrogen) atoms. The van der Waals surface area contributed by atoms with Gasteiger partial charge in [0.15, 0.2) is 0 Å². The van der Waals surface area contributed by atoms with Gasteiger partial charge in [-0.05, 0) is 44.6 Å². The molecule has 1 aromatic carbocycles. The number of benzene rings is 1. The number of carbonyl (C=O) groups is 1. The van der Waals surface area contributed by atoms with Crippen LogP contribution in [0.5, 0.6) is 0 Å². The van der Waals surface area contributed by atoms with Crippen LogP contribution in [-0.2, 0) is 4.79 Å². The van der Waals surface area contributed by atoms with Crippen molar-refractivity contribution in [3.63, 3.8) is 0 Å². The van der Waals surface area contributed by atoms with Gasteiger partial charge in [0, 0.05) is 25.2 Å². The topological polar surface area (TPSA) is 44.4 Å². The Morgan fingerprint density at radius 2 is 2.10 bits per heavy atom. The molecule has 1 fully saturated rings. The van der Waals surface area contributed by atoms with Gasteiger partial charge in [-0.25, -0.2) is 0 Å². The number of hydrogen-bond donors (Lipinski definition) is 2. The van der Waals surface area contributed by atoms with Crippen molar-refractivity contribution >= 4 is 24.0 Å². The van der Waals surface area contributed by atoms with Gasteiger partial charge in [-0.1, -0.05) is 18.2 Å². The predicted octanol–water partition coefficient (Wildman–Crippen LogP) is 1.98. The summed E-state index contributed by atoms with van der Waals surface area (Å²) < 4.78 is 0. The second-order valence-corrected chi connectivity index (χ2v) is 5.18. The molecule has 0 bridgehead atoms. The van der Waals surface area contributed by atoms with Crippen molar-refractivity contribution < 1.29 is 4.79 Å². The molecule has 1 heterocycles. The van der Waals surface area contributed by atoms with Crippen LogP contribution in [0.2, 0.25) is 0 Å². The molecule has 1 amide bonds. The quantitative estimate of drug-likeness (QED) is 0.844. The van der Waals surface area contributed by atoms with E-state index >= 15 is 0 Å². The van der Waals surface area contributed by atoms with Crippen molar-refractivity contribution in [3.05, 3.63) is 30.3 Å². The maximum atomic E-state index is 11.8. The van der Waals surface area contributed by atoms with Gasteiger partial charge in [0.1, 0.15) is 0 Å². The van der Waals surface area contributed by atoms with Crippen LogP contribution < -0.4 is 10.6 Å². The number of nitrogens with zero attached hydrogens (tertiary/aromatic N) is 1. The van der Waals surface area contributed by atoms with E-state index in [-0.39, 0.29) is 18.3 Å². The van der Waals surface area contributed by atoms with Crippen LogP contribution in [0, 0.1) is 5.92 Å². The average Bonchev–Trinajstić information content (AvgIpc) is 2.86. The highest BCUT2D eigenvalue weighted by Crippen LogP contribution is 2.15. The molecule has 0 radical (unpaired) electrons. The lowest BCUT2D eigenvalue weighted by molar-refractivity contribution is -0.116. The van der Waals surface area contributed by atoms with Gasteiger partial charge >= 0.3 is 0 Å². The van der Waals surface area contributed by atoms with E-state index in [0.29, 0.717) is 6.42 Å². The van der Waals surface area contributed by atoms with E-state index in [1.807, 2.05) is 37.4 Å². The fourth-order valence-electron chi connectivity index (χ4n) is 2.58. The number of halogens is 1. The number of carbonyl (C=O) groups excluding carboxylic acids is 1. The second kappa shape index (κ2) is 8.95. The summed E-state index contributed by atoms with van der Waals surface area (Å²) in [7, 11) is 2.00. The predicted molar refractivity (Wildman–Crippen MR) is 85.4 cm³/mol. The summed E-state index contributed by atoms with van der Waals surface area (Å²) in [6, 6.07) is 9.63. The van der Waals surface area contributed by atoms with Crippen molar-refractivity contribution in [3.8, 4) is 0 Å². The maximum absolute atomic E-state index is 11.8. The van der Waals surface area contributed by atoms with Crippen molar-refractivity contribution in [1.29, 1.82) is 0 Å². The molecule has 112 valence electrons. The molecule has 0 aliphatic carbocycles. The van der Waals surface area contributed by atoms with Crippen molar-refractivity contribution in [2.75, 3.05) is 38.5 Å². The Hall–Kier alpha value is -1.10. The molecule has 5 heteroatoms. The first-order valence-electron chi connectivity index (χ1n) is 7.00. The van der Waals surface area contributed by atoms with Crippen LogP contribution in [-0.4, -0.2) is 44.0 Å². The molecule has 2 N–H and O–H groups in total. The Balaban J connectivity index is 0.00000200. The number of anilines is 1. The third kappa shape index (κ3) is 5.49. The zero-order valence-electron chi connectivity index (χ0n) is 12.0. The van der Waals surface area contributed by atoms with Crippen LogP contribution in [0.25, 0.3) is 0 Å². The fraction of sp³-hybridized carbons (Fsp3) is 0.533. The van der Waals surface area contributed by atoms with Crippen LogP contribution in [0.3, 0.4) is 0 Å². The summed E-state index contributed by atoms with van der Waals surface area (Å²) in [6.45, 7) is 4.16. The van der Waals surface area contributed by atoms with Crippen LogP contribution in [0.15, 0.2) is 30.3 Å². The first kappa shape index (κ1) is 17.0. The Labute approximate surface area is 127 Å². The molecule has 1 saturated heterocycles. The highest BCUT2D eigenvalue weighted by Gasteiger charge is 2.21. The molecular formula is C15H24ClN3O. The zero-order valence-corrected chi connectivity index (χ0v) is 12.8. The number of para-hydroxylation sites is 1. The van der Waals surface area contributed by atoms with E-state index in [4.69, 9.17) is 0 Å². The number of hydrogen-bond acceptors (Lipinski definition) is 3. The van der Waals surface area contributed by atoms with E-state index in [1.165, 1.54) is 6.42 Å². The lowest BCUT2D eigenvalue weighted by atomic mass is 10.1. The highest BCUT2D eigenvalue weighted by atomic mass is 35.5. The molecule has 2 rings (SSSR count). The molecule has 1 atom stereocenters. The number of likely N-dealkylation sites (tertiary alicyclic amines) is 1. The van der Waals surface area contributed by atoms with E-state index in [1.54, 1.807) is 0 Å². The summed E-state index contributed by atoms with van der Waals surface area (Å²) in [5.41, 5.74) is 0.877. The van der Waals surface area contributed by atoms with Crippen molar-refractivity contribution in [2.24, 2.45) is 5.92 Å². The summed E-state index contributed by atoms with van der Waals surface area (Å²) >= 11 is 0. The first-order valence-corrected chi connectivity index (χ1v) is 7.00. The Morgan fingerprint density at radius 3 is 2.80 bits per heavy atom. The van der Waals surface area contributed by atoms with Gasteiger partial charge in [0.05, 0.1) is 0 Å². The van der Waals surface area contributed by atoms with Gasteiger partial charge in [-0.2, -0.15) is 0 Å². The second-order valence-electron chi connectivity index (χ2n) is 5.18. The molecule has 4 nitrogen and oxygen atoms in total. The molecule has 1 aromatic rings.